The van der Waals surface area contributed by atoms with Crippen molar-refractivity contribution in [3.63, 3.8) is 0 Å². The molecule has 0 fully saturated rings. The van der Waals surface area contributed by atoms with Crippen molar-refractivity contribution < 1.29 is 8.83 Å². The van der Waals surface area contributed by atoms with Crippen molar-refractivity contribution in [1.29, 1.82) is 0 Å². The molecule has 0 bridgehead atoms. The average molecular weight is 1890 g/mol. The number of furan rings is 2. The highest BCUT2D eigenvalue weighted by Crippen LogP contribution is 2.60. The van der Waals surface area contributed by atoms with Gasteiger partial charge in [0, 0.05) is 107 Å². The van der Waals surface area contributed by atoms with Crippen LogP contribution in [0.15, 0.2) is 458 Å². The van der Waals surface area contributed by atoms with Crippen LogP contribution in [0.1, 0.15) is 79.0 Å². The summed E-state index contributed by atoms with van der Waals surface area (Å²) < 4.78 is 19.3. The molecule has 21 aromatic carbocycles. The molecule has 2 aliphatic heterocycles. The molecule has 690 valence electrons. The van der Waals surface area contributed by atoms with Crippen LogP contribution in [0.25, 0.3) is 218 Å². The van der Waals surface area contributed by atoms with Gasteiger partial charge in [0.05, 0.1) is 11.4 Å². The van der Waals surface area contributed by atoms with Crippen molar-refractivity contribution in [2.75, 3.05) is 9.80 Å². The lowest BCUT2D eigenvalue weighted by Gasteiger charge is -2.46. The summed E-state index contributed by atoms with van der Waals surface area (Å²) in [5.74, 6) is 0. The first kappa shape index (κ1) is 87.4. The van der Waals surface area contributed by atoms with Gasteiger partial charge in [-0.1, -0.05) is 372 Å². The quantitative estimate of drug-likeness (QED) is 0.102. The van der Waals surface area contributed by atoms with Crippen LogP contribution >= 0.6 is 22.7 Å². The van der Waals surface area contributed by atoms with E-state index in [1.165, 1.54) is 73.6 Å². The number of rotatable bonds is 14. The first-order valence-corrected chi connectivity index (χ1v) is 52.2. The molecular formula is C138H101BN2O2S2. The third-order valence-electron chi connectivity index (χ3n) is 30.4. The molecule has 0 aliphatic carbocycles. The van der Waals surface area contributed by atoms with Gasteiger partial charge in [0.15, 0.2) is 0 Å². The minimum atomic E-state index is -0.464. The fraction of sp³-hybridized carbons (Fsp3) is 0.0870. The second-order valence-electron chi connectivity index (χ2n) is 42.5. The number of para-hydroxylation sites is 2. The summed E-state index contributed by atoms with van der Waals surface area (Å²) in [6, 6.07) is 171. The normalized spacial score (nSPS) is 12.7. The molecular weight excluding hydrogens is 1790 g/mol. The Morgan fingerprint density at radius 3 is 0.890 bits per heavy atom. The van der Waals surface area contributed by atoms with Gasteiger partial charge in [-0.15, -0.1) is 22.7 Å². The summed E-state index contributed by atoms with van der Waals surface area (Å²) >= 11 is 3.75. The minimum Gasteiger partial charge on any atom is -0.456 e. The Morgan fingerprint density at radius 2 is 0.483 bits per heavy atom. The van der Waals surface area contributed by atoms with Gasteiger partial charge >= 0.3 is 0 Å². The van der Waals surface area contributed by atoms with E-state index in [0.29, 0.717) is 0 Å². The maximum absolute atomic E-state index is 7.22. The molecule has 6 heterocycles. The lowest BCUT2D eigenvalue weighted by molar-refractivity contribution is 0.590. The van der Waals surface area contributed by atoms with Crippen molar-refractivity contribution in [2.24, 2.45) is 0 Å². The smallest absolute Gasteiger partial charge is 0.252 e. The SMILES string of the molecule is CC(C)(C)c1cc(-c2ccccc2)cc(-c2ccc3c(c2)B2c4ccc(-c5cc(-c6ccccc6)cc(-c6ccccc6)c5)cc4N(c4c(-c5cccc6oc7ccccc7c56)cc(C(C)(C)C)cc4-c4cccc5sc6ccccc6c45)c4cc(-c5cc(-c6ccccc6)cc(-c6ccccc6)c5)cc(c42)N3c2c(-c3cccc4oc5ccccc5c34)cc(C(C)(C)C)cc2-c2cccc3sc4ccccc4c23)c1. The summed E-state index contributed by atoms with van der Waals surface area (Å²) in [6.07, 6.45) is 0. The molecule has 25 aromatic rings. The zero-order chi connectivity index (χ0) is 97.4. The third-order valence-corrected chi connectivity index (χ3v) is 32.7. The third kappa shape index (κ3) is 14.8. The number of hydrogen-bond acceptors (Lipinski definition) is 6. The van der Waals surface area contributed by atoms with Gasteiger partial charge in [-0.05, 0) is 300 Å². The molecule has 0 amide bonds. The Hall–Kier alpha value is -16.7. The molecule has 0 saturated heterocycles. The topological polar surface area (TPSA) is 32.8 Å². The van der Waals surface area contributed by atoms with Crippen molar-refractivity contribution in [3.8, 4) is 134 Å². The molecule has 0 saturated carbocycles. The van der Waals surface area contributed by atoms with E-state index >= 15 is 0 Å². The summed E-state index contributed by atoms with van der Waals surface area (Å²) in [4.78, 5) is 5.61. The van der Waals surface area contributed by atoms with E-state index in [2.05, 4.69) is 521 Å². The highest BCUT2D eigenvalue weighted by Gasteiger charge is 2.47. The fourth-order valence-corrected chi connectivity index (χ4v) is 25.5. The highest BCUT2D eigenvalue weighted by molar-refractivity contribution is 7.26. The van der Waals surface area contributed by atoms with Crippen LogP contribution in [0.4, 0.5) is 34.1 Å². The second kappa shape index (κ2) is 34.0. The van der Waals surface area contributed by atoms with E-state index in [9.17, 15) is 0 Å². The van der Waals surface area contributed by atoms with Crippen LogP contribution in [0.5, 0.6) is 0 Å². The molecule has 4 nitrogen and oxygen atoms in total. The van der Waals surface area contributed by atoms with E-state index in [1.807, 2.05) is 22.7 Å². The van der Waals surface area contributed by atoms with Gasteiger partial charge in [-0.3, -0.25) is 0 Å². The van der Waals surface area contributed by atoms with E-state index in [4.69, 9.17) is 8.83 Å². The number of fused-ring (bicyclic) bond motifs is 16. The lowest BCUT2D eigenvalue weighted by atomic mass is 9.33. The molecule has 27 rings (SSSR count). The first-order chi connectivity index (χ1) is 70.8. The van der Waals surface area contributed by atoms with Crippen molar-refractivity contribution in [2.45, 2.75) is 78.6 Å². The Morgan fingerprint density at radius 1 is 0.193 bits per heavy atom. The zero-order valence-corrected chi connectivity index (χ0v) is 84.0. The molecule has 0 spiro atoms. The van der Waals surface area contributed by atoms with Crippen LogP contribution in [0, 0.1) is 0 Å². The predicted molar refractivity (Wildman–Crippen MR) is 622 cm³/mol. The number of hydrogen-bond donors (Lipinski definition) is 0. The van der Waals surface area contributed by atoms with E-state index in [1.54, 1.807) is 0 Å². The minimum absolute atomic E-state index is 0.225. The number of thiophene rings is 2. The van der Waals surface area contributed by atoms with Crippen molar-refractivity contribution in [3.05, 3.63) is 466 Å². The Balaban J connectivity index is 0.877. The summed E-state index contributed by atoms with van der Waals surface area (Å²) in [5.41, 5.74) is 42.5. The van der Waals surface area contributed by atoms with Crippen LogP contribution < -0.4 is 26.2 Å². The Labute approximate surface area is 853 Å². The van der Waals surface area contributed by atoms with Crippen molar-refractivity contribution >= 4 is 164 Å². The van der Waals surface area contributed by atoms with Crippen LogP contribution in [-0.2, 0) is 16.2 Å². The second-order valence-corrected chi connectivity index (χ2v) is 44.7. The van der Waals surface area contributed by atoms with Crippen molar-refractivity contribution in [1.82, 2.24) is 0 Å². The average Bonchev–Trinajstić information content (AvgIpc) is 1.34. The highest BCUT2D eigenvalue weighted by atomic mass is 32.1. The molecule has 0 unspecified atom stereocenters. The maximum Gasteiger partial charge on any atom is 0.252 e. The number of anilines is 6. The van der Waals surface area contributed by atoms with Gasteiger partial charge in [0.1, 0.15) is 22.3 Å². The van der Waals surface area contributed by atoms with Gasteiger partial charge in [-0.25, -0.2) is 0 Å². The summed E-state index contributed by atoms with van der Waals surface area (Å²) in [7, 11) is 0. The molecule has 7 heteroatoms. The molecule has 4 aromatic heterocycles. The predicted octanol–water partition coefficient (Wildman–Crippen LogP) is 38.2. The molecule has 0 N–H and O–H groups in total. The Kier molecular flexibility index (Phi) is 20.5. The summed E-state index contributed by atoms with van der Waals surface area (Å²) in [6.45, 7) is 21.0. The maximum atomic E-state index is 7.22. The lowest BCUT2D eigenvalue weighted by Crippen LogP contribution is -2.61. The summed E-state index contributed by atoms with van der Waals surface area (Å²) in [5, 5.41) is 9.11. The molecule has 145 heavy (non-hydrogen) atoms. The molecule has 0 atom stereocenters. The monoisotopic (exact) mass is 1890 g/mol. The Bertz CT molecular complexity index is 9190. The van der Waals surface area contributed by atoms with Crippen LogP contribution in [0.2, 0.25) is 0 Å². The van der Waals surface area contributed by atoms with Gasteiger partial charge in [0.2, 0.25) is 0 Å². The standard InChI is InChI=1S/C138H101BN2O2S2/c1-136(2,3)100-74-97(88-45-23-14-24-46-88)73-98(75-100)89-64-66-117-116(76-89)139-115-65-63-90(95-69-91(84-37-15-10-16-38-84)67-92(70-95)85-39-17-11-18-40-85)77-118(115)141(135-112(104-52-34-58-124-130(104)108-48-26-30-56-122(108)143-124)81-102(138(7,8)9)83-114(135)106-54-36-62-128-132(106)110-50-28-32-60-126(110)145-128)120-79-99(96-71-93(86-41-19-12-20-42-86)68-94(72-96)87-43-21-13-22-44-87)78-119(133(120)139)140(117)134-111(103-51-33-57-123-129(103)107-47-25-29-55-121(107)142-123)80-101(137(4,5)6)82-113(134)105-53-35-61-127-131(105)109-49-27-31-59-125(109)144-127/h10-83H,1-9H3. The van der Waals surface area contributed by atoms with Crippen LogP contribution in [-0.4, -0.2) is 6.71 Å². The van der Waals surface area contributed by atoms with Crippen LogP contribution in [0.3, 0.4) is 0 Å². The number of benzene rings is 21. The van der Waals surface area contributed by atoms with E-state index < -0.39 is 12.1 Å². The molecule has 2 aliphatic rings. The van der Waals surface area contributed by atoms with Gasteiger partial charge in [-0.2, -0.15) is 0 Å². The van der Waals surface area contributed by atoms with E-state index in [-0.39, 0.29) is 10.8 Å². The van der Waals surface area contributed by atoms with Gasteiger partial charge < -0.3 is 18.6 Å². The number of nitrogens with zero attached hydrogens (tertiary/aromatic N) is 2. The first-order valence-electron chi connectivity index (χ1n) is 50.6. The largest absolute Gasteiger partial charge is 0.456 e. The zero-order valence-electron chi connectivity index (χ0n) is 82.3. The fourth-order valence-electron chi connectivity index (χ4n) is 23.2. The van der Waals surface area contributed by atoms with E-state index in [0.717, 1.165) is 211 Å². The molecule has 0 radical (unpaired) electrons. The van der Waals surface area contributed by atoms with Gasteiger partial charge in [0.25, 0.3) is 6.71 Å².